The number of hydrogen-bond donors (Lipinski definition) is 1. The minimum absolute atomic E-state index is 0.112. The van der Waals surface area contributed by atoms with Gasteiger partial charge in [-0.2, -0.15) is 0 Å². The van der Waals surface area contributed by atoms with Gasteiger partial charge in [0.25, 0.3) is 5.91 Å². The van der Waals surface area contributed by atoms with Crippen LogP contribution in [0.5, 0.6) is 0 Å². The van der Waals surface area contributed by atoms with Gasteiger partial charge in [0.05, 0.1) is 30.0 Å². The molecule has 116 valence electrons. The third-order valence-corrected chi connectivity index (χ3v) is 5.56. The lowest BCUT2D eigenvalue weighted by Gasteiger charge is -2.45. The third-order valence-electron chi connectivity index (χ3n) is 4.28. The molecule has 0 radical (unpaired) electrons. The fraction of sp³-hybridized carbons (Fsp3) is 0.733. The number of nitrogens with zero attached hydrogens (tertiary/aromatic N) is 2. The van der Waals surface area contributed by atoms with Crippen LogP contribution in [-0.4, -0.2) is 54.2 Å². The van der Waals surface area contributed by atoms with Gasteiger partial charge in [0, 0.05) is 12.5 Å². The molecule has 3 heterocycles. The van der Waals surface area contributed by atoms with E-state index in [0.29, 0.717) is 25.6 Å². The molecule has 2 aliphatic heterocycles. The lowest BCUT2D eigenvalue weighted by Crippen LogP contribution is -2.57. The predicted octanol–water partition coefficient (Wildman–Crippen LogP) is 1.86. The SMILES string of the molecule is CC(C)c1ncc(C(=O)N2CCOC3(CCNCC3)C2)s1. The molecule has 0 saturated carbocycles. The molecule has 6 heteroatoms. The number of carbonyl (C=O) groups excluding carboxylic acids is 1. The lowest BCUT2D eigenvalue weighted by atomic mass is 9.90. The fourth-order valence-corrected chi connectivity index (χ4v) is 3.90. The number of nitrogens with one attached hydrogen (secondary N) is 1. The van der Waals surface area contributed by atoms with Crippen molar-refractivity contribution in [2.75, 3.05) is 32.8 Å². The summed E-state index contributed by atoms with van der Waals surface area (Å²) in [6.45, 7) is 8.19. The molecule has 1 aromatic rings. The largest absolute Gasteiger partial charge is 0.371 e. The van der Waals surface area contributed by atoms with Crippen molar-refractivity contribution in [2.45, 2.75) is 38.2 Å². The molecule has 0 atom stereocenters. The first-order chi connectivity index (χ1) is 10.1. The van der Waals surface area contributed by atoms with Crippen LogP contribution in [0.3, 0.4) is 0 Å². The van der Waals surface area contributed by atoms with Crippen LogP contribution in [0.2, 0.25) is 0 Å². The number of morpholine rings is 1. The van der Waals surface area contributed by atoms with Crippen molar-refractivity contribution >= 4 is 17.2 Å². The van der Waals surface area contributed by atoms with Crippen molar-refractivity contribution in [3.05, 3.63) is 16.1 Å². The zero-order chi connectivity index (χ0) is 14.9. The zero-order valence-electron chi connectivity index (χ0n) is 12.7. The molecule has 21 heavy (non-hydrogen) atoms. The minimum Gasteiger partial charge on any atom is -0.371 e. The fourth-order valence-electron chi connectivity index (χ4n) is 3.01. The predicted molar refractivity (Wildman–Crippen MR) is 82.9 cm³/mol. The highest BCUT2D eigenvalue weighted by atomic mass is 32.1. The molecule has 3 rings (SSSR count). The zero-order valence-corrected chi connectivity index (χ0v) is 13.5. The van der Waals surface area contributed by atoms with E-state index in [2.05, 4.69) is 24.1 Å². The quantitative estimate of drug-likeness (QED) is 0.906. The summed E-state index contributed by atoms with van der Waals surface area (Å²) in [6, 6.07) is 0. The molecule has 5 nitrogen and oxygen atoms in total. The molecule has 1 spiro atoms. The van der Waals surface area contributed by atoms with Crippen LogP contribution in [0, 0.1) is 0 Å². The van der Waals surface area contributed by atoms with Crippen LogP contribution < -0.4 is 5.32 Å². The molecule has 0 bridgehead atoms. The van der Waals surface area contributed by atoms with E-state index >= 15 is 0 Å². The lowest BCUT2D eigenvalue weighted by molar-refractivity contribution is -0.114. The highest BCUT2D eigenvalue weighted by molar-refractivity contribution is 7.13. The van der Waals surface area contributed by atoms with E-state index in [9.17, 15) is 4.79 Å². The summed E-state index contributed by atoms with van der Waals surface area (Å²) < 4.78 is 6.02. The van der Waals surface area contributed by atoms with Crippen molar-refractivity contribution < 1.29 is 9.53 Å². The van der Waals surface area contributed by atoms with Gasteiger partial charge in [0.2, 0.25) is 0 Å². The molecular weight excluding hydrogens is 286 g/mol. The standard InChI is InChI=1S/C15H23N3O2S/c1-11(2)13-17-9-12(21-13)14(19)18-7-8-20-15(10-18)3-5-16-6-4-15/h9,11,16H,3-8,10H2,1-2H3. The number of aromatic nitrogens is 1. The normalized spacial score (nSPS) is 22.0. The van der Waals surface area contributed by atoms with Gasteiger partial charge in [-0.3, -0.25) is 4.79 Å². The summed E-state index contributed by atoms with van der Waals surface area (Å²) in [6.07, 6.45) is 3.69. The molecule has 2 aliphatic rings. The molecule has 2 saturated heterocycles. The topological polar surface area (TPSA) is 54.5 Å². The average Bonchev–Trinajstić information content (AvgIpc) is 2.97. The summed E-state index contributed by atoms with van der Waals surface area (Å²) in [5.41, 5.74) is -0.134. The van der Waals surface area contributed by atoms with Crippen molar-refractivity contribution in [3.8, 4) is 0 Å². The average molecular weight is 309 g/mol. The number of rotatable bonds is 2. The minimum atomic E-state index is -0.134. The Bertz CT molecular complexity index is 503. The van der Waals surface area contributed by atoms with Crippen LogP contribution >= 0.6 is 11.3 Å². The van der Waals surface area contributed by atoms with Gasteiger partial charge in [-0.15, -0.1) is 11.3 Å². The molecule has 0 unspecified atom stereocenters. The summed E-state index contributed by atoms with van der Waals surface area (Å²) in [5, 5.41) is 4.39. The van der Waals surface area contributed by atoms with Gasteiger partial charge >= 0.3 is 0 Å². The number of amides is 1. The Labute approximate surface area is 129 Å². The van der Waals surface area contributed by atoms with Crippen LogP contribution in [0.1, 0.15) is 47.3 Å². The second kappa shape index (κ2) is 6.02. The van der Waals surface area contributed by atoms with E-state index in [-0.39, 0.29) is 11.5 Å². The maximum atomic E-state index is 12.7. The van der Waals surface area contributed by atoms with E-state index in [1.165, 1.54) is 11.3 Å². The number of hydrogen-bond acceptors (Lipinski definition) is 5. The maximum absolute atomic E-state index is 12.7. The number of carbonyl (C=O) groups is 1. The van der Waals surface area contributed by atoms with Gasteiger partial charge in [-0.25, -0.2) is 4.98 Å². The van der Waals surface area contributed by atoms with Crippen LogP contribution in [0.15, 0.2) is 6.20 Å². The van der Waals surface area contributed by atoms with E-state index in [1.807, 2.05) is 4.90 Å². The van der Waals surface area contributed by atoms with Gasteiger partial charge in [0.1, 0.15) is 4.88 Å². The van der Waals surface area contributed by atoms with Crippen LogP contribution in [0.25, 0.3) is 0 Å². The Morgan fingerprint density at radius 1 is 1.48 bits per heavy atom. The van der Waals surface area contributed by atoms with Gasteiger partial charge in [-0.1, -0.05) is 13.8 Å². The molecule has 0 aliphatic carbocycles. The Kier molecular flexibility index (Phi) is 4.28. The first kappa shape index (κ1) is 14.9. The first-order valence-corrected chi connectivity index (χ1v) is 8.51. The Hall–Kier alpha value is -0.980. The Morgan fingerprint density at radius 3 is 2.90 bits per heavy atom. The van der Waals surface area contributed by atoms with Crippen molar-refractivity contribution in [1.29, 1.82) is 0 Å². The van der Waals surface area contributed by atoms with Crippen LogP contribution in [0.4, 0.5) is 0 Å². The number of thiazole rings is 1. The molecule has 1 amide bonds. The third kappa shape index (κ3) is 3.12. The smallest absolute Gasteiger partial charge is 0.265 e. The molecular formula is C15H23N3O2S. The van der Waals surface area contributed by atoms with Gasteiger partial charge in [-0.05, 0) is 25.9 Å². The van der Waals surface area contributed by atoms with Crippen molar-refractivity contribution in [1.82, 2.24) is 15.2 Å². The first-order valence-electron chi connectivity index (χ1n) is 7.69. The monoisotopic (exact) mass is 309 g/mol. The summed E-state index contributed by atoms with van der Waals surface area (Å²) in [4.78, 5) is 19.8. The van der Waals surface area contributed by atoms with E-state index in [0.717, 1.165) is 35.8 Å². The molecule has 1 N–H and O–H groups in total. The number of piperidine rings is 1. The summed E-state index contributed by atoms with van der Waals surface area (Å²) >= 11 is 1.52. The second-order valence-electron chi connectivity index (χ2n) is 6.23. The Morgan fingerprint density at radius 2 is 2.24 bits per heavy atom. The maximum Gasteiger partial charge on any atom is 0.265 e. The molecule has 2 fully saturated rings. The summed E-state index contributed by atoms with van der Waals surface area (Å²) in [5.74, 6) is 0.484. The van der Waals surface area contributed by atoms with Gasteiger partial charge < -0.3 is 15.0 Å². The van der Waals surface area contributed by atoms with Crippen molar-refractivity contribution in [2.24, 2.45) is 0 Å². The summed E-state index contributed by atoms with van der Waals surface area (Å²) in [7, 11) is 0. The van der Waals surface area contributed by atoms with E-state index < -0.39 is 0 Å². The second-order valence-corrected chi connectivity index (χ2v) is 7.29. The van der Waals surface area contributed by atoms with Crippen molar-refractivity contribution in [3.63, 3.8) is 0 Å². The highest BCUT2D eigenvalue weighted by Crippen LogP contribution is 2.29. The molecule has 1 aromatic heterocycles. The van der Waals surface area contributed by atoms with E-state index in [1.54, 1.807) is 6.20 Å². The molecule has 0 aromatic carbocycles. The van der Waals surface area contributed by atoms with Gasteiger partial charge in [0.15, 0.2) is 0 Å². The van der Waals surface area contributed by atoms with E-state index in [4.69, 9.17) is 4.74 Å². The van der Waals surface area contributed by atoms with Crippen LogP contribution in [-0.2, 0) is 4.74 Å². The Balaban J connectivity index is 1.71. The number of ether oxygens (including phenoxy) is 1. The highest BCUT2D eigenvalue weighted by Gasteiger charge is 2.39.